The van der Waals surface area contributed by atoms with E-state index in [9.17, 15) is 0 Å². The summed E-state index contributed by atoms with van der Waals surface area (Å²) in [5, 5.41) is 0. The summed E-state index contributed by atoms with van der Waals surface area (Å²) < 4.78 is 2.28. The van der Waals surface area contributed by atoms with Crippen molar-refractivity contribution in [1.82, 2.24) is 9.55 Å². The van der Waals surface area contributed by atoms with Gasteiger partial charge in [0.1, 0.15) is 5.82 Å². The van der Waals surface area contributed by atoms with Crippen LogP contribution in [0.25, 0.3) is 22.4 Å². The van der Waals surface area contributed by atoms with E-state index >= 15 is 0 Å². The number of benzene rings is 2. The van der Waals surface area contributed by atoms with E-state index < -0.39 is 0 Å². The molecule has 3 aromatic rings. The van der Waals surface area contributed by atoms with Crippen LogP contribution in [0.3, 0.4) is 0 Å². The lowest BCUT2D eigenvalue weighted by atomic mass is 10.1. The number of imidazole rings is 1. The molecule has 0 aliphatic heterocycles. The molecular weight excluding hydrogens is 282 g/mol. The van der Waals surface area contributed by atoms with Crippen molar-refractivity contribution in [2.75, 3.05) is 6.54 Å². The zero-order valence-corrected chi connectivity index (χ0v) is 14.6. The highest BCUT2D eigenvalue weighted by atomic mass is 15.1. The quantitative estimate of drug-likeness (QED) is 0.776. The van der Waals surface area contributed by atoms with Gasteiger partial charge in [-0.25, -0.2) is 4.98 Å². The highest BCUT2D eigenvalue weighted by Gasteiger charge is 2.17. The minimum atomic E-state index is 0.207. The van der Waals surface area contributed by atoms with Crippen LogP contribution in [0.4, 0.5) is 0 Å². The number of hydrogen-bond donors (Lipinski definition) is 1. The summed E-state index contributed by atoms with van der Waals surface area (Å²) in [4.78, 5) is 4.93. The fourth-order valence-corrected chi connectivity index (χ4v) is 2.99. The molecule has 3 nitrogen and oxygen atoms in total. The van der Waals surface area contributed by atoms with E-state index in [0.717, 1.165) is 16.9 Å². The number of rotatable bonds is 3. The molecule has 3 heteroatoms. The van der Waals surface area contributed by atoms with E-state index in [1.165, 1.54) is 27.8 Å². The minimum absolute atomic E-state index is 0.207. The lowest BCUT2D eigenvalue weighted by Crippen LogP contribution is -2.17. The number of aromatic nitrogens is 2. The summed E-state index contributed by atoms with van der Waals surface area (Å²) >= 11 is 0. The molecule has 0 aliphatic rings. The van der Waals surface area contributed by atoms with Gasteiger partial charge < -0.3 is 10.3 Å². The van der Waals surface area contributed by atoms with Crippen LogP contribution in [0.15, 0.2) is 30.3 Å². The first-order valence-corrected chi connectivity index (χ1v) is 8.19. The van der Waals surface area contributed by atoms with Crippen LogP contribution < -0.4 is 5.73 Å². The van der Waals surface area contributed by atoms with Crippen LogP contribution in [0.2, 0.25) is 0 Å². The van der Waals surface area contributed by atoms with Crippen LogP contribution in [-0.4, -0.2) is 16.1 Å². The van der Waals surface area contributed by atoms with Crippen molar-refractivity contribution < 1.29 is 0 Å². The van der Waals surface area contributed by atoms with Crippen LogP contribution in [-0.2, 0) is 0 Å². The van der Waals surface area contributed by atoms with E-state index in [4.69, 9.17) is 10.7 Å². The summed E-state index contributed by atoms with van der Waals surface area (Å²) in [6, 6.07) is 11.2. The second-order valence-corrected chi connectivity index (χ2v) is 6.61. The van der Waals surface area contributed by atoms with Crippen LogP contribution in [0.5, 0.6) is 0 Å². The van der Waals surface area contributed by atoms with E-state index in [2.05, 4.69) is 69.5 Å². The van der Waals surface area contributed by atoms with Gasteiger partial charge in [-0.1, -0.05) is 12.1 Å². The predicted octanol–water partition coefficient (Wildman–Crippen LogP) is 4.46. The van der Waals surface area contributed by atoms with Gasteiger partial charge in [0.25, 0.3) is 0 Å². The maximum Gasteiger partial charge on any atom is 0.141 e. The lowest BCUT2D eigenvalue weighted by molar-refractivity contribution is 0.578. The summed E-state index contributed by atoms with van der Waals surface area (Å²) in [5.74, 6) is 1.01. The number of nitrogens with two attached hydrogens (primary N) is 1. The second-order valence-electron chi connectivity index (χ2n) is 6.61. The first kappa shape index (κ1) is 15.8. The molecule has 0 fully saturated rings. The van der Waals surface area contributed by atoms with Crippen molar-refractivity contribution in [2.45, 2.75) is 40.7 Å². The normalized spacial score (nSPS) is 12.8. The van der Waals surface area contributed by atoms with Crippen LogP contribution >= 0.6 is 0 Å². The van der Waals surface area contributed by atoms with E-state index in [1.54, 1.807) is 0 Å². The Hall–Kier alpha value is -2.13. The third-order valence-corrected chi connectivity index (χ3v) is 4.85. The molecular formula is C20H25N3. The molecule has 3 rings (SSSR count). The molecule has 1 heterocycles. The molecule has 0 amide bonds. The number of aryl methyl sites for hydroxylation is 4. The van der Waals surface area contributed by atoms with Crippen molar-refractivity contribution in [3.63, 3.8) is 0 Å². The standard InChI is InChI=1S/C20H25N3/c1-12-6-7-17(8-13(12)2)20-22-18-9-14(3)15(4)10-19(18)23(20)16(5)11-21/h6-10,16H,11,21H2,1-5H3. The Balaban J connectivity index is 2.32. The first-order chi connectivity index (χ1) is 10.9. The smallest absolute Gasteiger partial charge is 0.141 e. The molecule has 2 aromatic carbocycles. The first-order valence-electron chi connectivity index (χ1n) is 8.19. The molecule has 23 heavy (non-hydrogen) atoms. The summed E-state index contributed by atoms with van der Waals surface area (Å²) in [6.45, 7) is 11.3. The molecule has 0 aliphatic carbocycles. The molecule has 0 bridgehead atoms. The summed E-state index contributed by atoms with van der Waals surface area (Å²) in [5.41, 5.74) is 14.5. The Labute approximate surface area is 138 Å². The number of fused-ring (bicyclic) bond motifs is 1. The minimum Gasteiger partial charge on any atom is -0.328 e. The van der Waals surface area contributed by atoms with Gasteiger partial charge in [-0.3, -0.25) is 0 Å². The third-order valence-electron chi connectivity index (χ3n) is 4.85. The monoisotopic (exact) mass is 307 g/mol. The van der Waals surface area contributed by atoms with Gasteiger partial charge in [0.2, 0.25) is 0 Å². The van der Waals surface area contributed by atoms with E-state index in [-0.39, 0.29) is 6.04 Å². The van der Waals surface area contributed by atoms with Gasteiger partial charge >= 0.3 is 0 Å². The molecule has 120 valence electrons. The average Bonchev–Trinajstić information content (AvgIpc) is 2.88. The Morgan fingerprint density at radius 3 is 2.26 bits per heavy atom. The number of nitrogens with zero attached hydrogens (tertiary/aromatic N) is 2. The summed E-state index contributed by atoms with van der Waals surface area (Å²) in [6.07, 6.45) is 0. The molecule has 0 saturated carbocycles. The predicted molar refractivity (Wildman–Crippen MR) is 97.9 cm³/mol. The van der Waals surface area contributed by atoms with Crippen LogP contribution in [0, 0.1) is 27.7 Å². The average molecular weight is 307 g/mol. The maximum absolute atomic E-state index is 5.97. The molecule has 1 unspecified atom stereocenters. The number of hydrogen-bond acceptors (Lipinski definition) is 2. The summed E-state index contributed by atoms with van der Waals surface area (Å²) in [7, 11) is 0. The van der Waals surface area contributed by atoms with Crippen molar-refractivity contribution in [1.29, 1.82) is 0 Å². The highest BCUT2D eigenvalue weighted by Crippen LogP contribution is 2.30. The molecule has 0 radical (unpaired) electrons. The zero-order valence-electron chi connectivity index (χ0n) is 14.6. The van der Waals surface area contributed by atoms with Gasteiger partial charge in [0.05, 0.1) is 11.0 Å². The Kier molecular flexibility index (Phi) is 3.99. The molecule has 2 N–H and O–H groups in total. The highest BCUT2D eigenvalue weighted by molar-refractivity contribution is 5.82. The third kappa shape index (κ3) is 2.66. The van der Waals surface area contributed by atoms with Crippen LogP contribution in [0.1, 0.15) is 35.2 Å². The van der Waals surface area contributed by atoms with Gasteiger partial charge in [-0.05, 0) is 75.1 Å². The fourth-order valence-electron chi connectivity index (χ4n) is 2.99. The van der Waals surface area contributed by atoms with Crippen molar-refractivity contribution in [3.05, 3.63) is 52.6 Å². The largest absolute Gasteiger partial charge is 0.328 e. The maximum atomic E-state index is 5.97. The SMILES string of the molecule is Cc1ccc(-c2nc3cc(C)c(C)cc3n2C(C)CN)cc1C. The van der Waals surface area contributed by atoms with Crippen molar-refractivity contribution >= 4 is 11.0 Å². The topological polar surface area (TPSA) is 43.8 Å². The zero-order chi connectivity index (χ0) is 16.7. The van der Waals surface area contributed by atoms with Gasteiger partial charge in [-0.15, -0.1) is 0 Å². The Morgan fingerprint density at radius 2 is 1.61 bits per heavy atom. The lowest BCUT2D eigenvalue weighted by Gasteiger charge is -2.17. The Morgan fingerprint density at radius 1 is 0.957 bits per heavy atom. The Bertz CT molecular complexity index is 874. The van der Waals surface area contributed by atoms with E-state index in [0.29, 0.717) is 6.54 Å². The molecule has 0 spiro atoms. The molecule has 0 saturated heterocycles. The van der Waals surface area contributed by atoms with Crippen molar-refractivity contribution in [3.8, 4) is 11.4 Å². The van der Waals surface area contributed by atoms with Crippen molar-refractivity contribution in [2.24, 2.45) is 5.73 Å². The molecule has 1 atom stereocenters. The van der Waals surface area contributed by atoms with Gasteiger partial charge in [0.15, 0.2) is 0 Å². The second kappa shape index (κ2) is 5.82. The van der Waals surface area contributed by atoms with Gasteiger partial charge in [-0.2, -0.15) is 0 Å². The van der Waals surface area contributed by atoms with E-state index in [1.807, 2.05) is 0 Å². The van der Waals surface area contributed by atoms with Gasteiger partial charge in [0, 0.05) is 18.2 Å². The molecule has 1 aromatic heterocycles. The fraction of sp³-hybridized carbons (Fsp3) is 0.350.